The van der Waals surface area contributed by atoms with Crippen LogP contribution < -0.4 is 5.73 Å². The van der Waals surface area contributed by atoms with Gasteiger partial charge in [-0.1, -0.05) is 43.7 Å². The van der Waals surface area contributed by atoms with Gasteiger partial charge in [0.2, 0.25) is 0 Å². The predicted octanol–water partition coefficient (Wildman–Crippen LogP) is 3.86. The van der Waals surface area contributed by atoms with Crippen molar-refractivity contribution in [1.29, 1.82) is 0 Å². The minimum atomic E-state index is 0.366. The van der Waals surface area contributed by atoms with Crippen LogP contribution in [-0.2, 0) is 0 Å². The van der Waals surface area contributed by atoms with Gasteiger partial charge in [0.05, 0.1) is 6.04 Å². The molecule has 0 unspecified atom stereocenters. The lowest BCUT2D eigenvalue weighted by atomic mass is 9.96. The van der Waals surface area contributed by atoms with E-state index in [9.17, 15) is 0 Å². The van der Waals surface area contributed by atoms with Gasteiger partial charge in [0.1, 0.15) is 0 Å². The van der Waals surface area contributed by atoms with E-state index in [0.717, 1.165) is 24.2 Å². The van der Waals surface area contributed by atoms with Crippen LogP contribution in [0.3, 0.4) is 0 Å². The van der Waals surface area contributed by atoms with E-state index in [4.69, 9.17) is 17.3 Å². The van der Waals surface area contributed by atoms with E-state index >= 15 is 0 Å². The van der Waals surface area contributed by atoms with Gasteiger partial charge in [0.15, 0.2) is 5.82 Å². The first-order valence-corrected chi connectivity index (χ1v) is 7.97. The van der Waals surface area contributed by atoms with Crippen LogP contribution in [0.4, 0.5) is 5.69 Å². The summed E-state index contributed by atoms with van der Waals surface area (Å²) >= 11 is 5.97. The molecule has 21 heavy (non-hydrogen) atoms. The summed E-state index contributed by atoms with van der Waals surface area (Å²) in [4.78, 5) is 0. The zero-order valence-corrected chi connectivity index (χ0v) is 12.8. The van der Waals surface area contributed by atoms with Gasteiger partial charge in [-0.05, 0) is 41.5 Å². The van der Waals surface area contributed by atoms with Gasteiger partial charge < -0.3 is 5.73 Å². The molecular weight excluding hydrogens is 286 g/mol. The Morgan fingerprint density at radius 1 is 1.10 bits per heavy atom. The Bertz CT molecular complexity index is 602. The minimum Gasteiger partial charge on any atom is -0.398 e. The Kier molecular flexibility index (Phi) is 4.39. The Morgan fingerprint density at radius 2 is 1.81 bits per heavy atom. The van der Waals surface area contributed by atoms with Gasteiger partial charge in [0, 0.05) is 16.3 Å². The smallest absolute Gasteiger partial charge is 0.184 e. The Hall–Kier alpha value is -1.62. The molecule has 5 nitrogen and oxygen atoms in total. The van der Waals surface area contributed by atoms with Crippen LogP contribution >= 0.6 is 11.6 Å². The molecule has 0 radical (unpaired) electrons. The van der Waals surface area contributed by atoms with Crippen molar-refractivity contribution in [3.63, 3.8) is 0 Å². The first kappa shape index (κ1) is 14.3. The molecule has 112 valence electrons. The van der Waals surface area contributed by atoms with Crippen LogP contribution in [0.25, 0.3) is 11.4 Å². The van der Waals surface area contributed by atoms with Crippen LogP contribution in [0.1, 0.15) is 51.0 Å². The Labute approximate surface area is 129 Å². The third-order valence-electron chi connectivity index (χ3n) is 4.17. The van der Waals surface area contributed by atoms with Crippen molar-refractivity contribution in [2.24, 2.45) is 0 Å². The third-order valence-corrected chi connectivity index (χ3v) is 4.40. The topological polar surface area (TPSA) is 69.6 Å². The van der Waals surface area contributed by atoms with E-state index in [2.05, 4.69) is 15.5 Å². The van der Waals surface area contributed by atoms with Crippen molar-refractivity contribution in [3.8, 4) is 11.4 Å². The zero-order valence-electron chi connectivity index (χ0n) is 12.0. The number of hydrogen-bond acceptors (Lipinski definition) is 4. The van der Waals surface area contributed by atoms with E-state index in [1.807, 2.05) is 16.8 Å². The van der Waals surface area contributed by atoms with Crippen molar-refractivity contribution >= 4 is 17.3 Å². The summed E-state index contributed by atoms with van der Waals surface area (Å²) in [7, 11) is 0. The molecule has 2 aromatic rings. The van der Waals surface area contributed by atoms with Crippen molar-refractivity contribution < 1.29 is 0 Å². The highest BCUT2D eigenvalue weighted by Crippen LogP contribution is 2.32. The molecule has 0 aliphatic heterocycles. The molecule has 3 rings (SSSR count). The third kappa shape index (κ3) is 3.18. The molecule has 1 fully saturated rings. The van der Waals surface area contributed by atoms with Crippen molar-refractivity contribution in [2.45, 2.75) is 51.0 Å². The Balaban J connectivity index is 1.92. The summed E-state index contributed by atoms with van der Waals surface area (Å²) in [5, 5.41) is 12.9. The summed E-state index contributed by atoms with van der Waals surface area (Å²) in [5.74, 6) is 0.745. The number of anilines is 1. The maximum Gasteiger partial charge on any atom is 0.184 e. The molecule has 2 N–H and O–H groups in total. The predicted molar refractivity (Wildman–Crippen MR) is 84.0 cm³/mol. The summed E-state index contributed by atoms with van der Waals surface area (Å²) in [6.45, 7) is 0. The number of nitrogen functional groups attached to an aromatic ring is 1. The standard InChI is InChI=1S/C15H20ClN5/c16-11-8-9-13(14(17)10-11)15-18-19-20-21(15)12-6-4-2-1-3-5-7-12/h8-10,12H,1-7,17H2. The number of rotatable bonds is 2. The largest absolute Gasteiger partial charge is 0.398 e. The molecule has 0 bridgehead atoms. The highest BCUT2D eigenvalue weighted by atomic mass is 35.5. The minimum absolute atomic E-state index is 0.366. The van der Waals surface area contributed by atoms with Gasteiger partial charge in [-0.2, -0.15) is 0 Å². The average molecular weight is 306 g/mol. The van der Waals surface area contributed by atoms with Crippen LogP contribution in [0.15, 0.2) is 18.2 Å². The normalized spacial score (nSPS) is 17.4. The molecule has 1 aliphatic carbocycles. The number of tetrazole rings is 1. The van der Waals surface area contributed by atoms with Crippen molar-refractivity contribution in [3.05, 3.63) is 23.2 Å². The van der Waals surface area contributed by atoms with Crippen LogP contribution in [-0.4, -0.2) is 20.2 Å². The molecule has 0 spiro atoms. The lowest BCUT2D eigenvalue weighted by Gasteiger charge is -2.20. The molecule has 1 saturated carbocycles. The van der Waals surface area contributed by atoms with E-state index in [1.54, 1.807) is 6.07 Å². The SMILES string of the molecule is Nc1cc(Cl)ccc1-c1nnnn1C1CCCCCCC1. The molecule has 0 saturated heterocycles. The first-order chi connectivity index (χ1) is 10.3. The molecule has 0 atom stereocenters. The van der Waals surface area contributed by atoms with Gasteiger partial charge >= 0.3 is 0 Å². The van der Waals surface area contributed by atoms with E-state index < -0.39 is 0 Å². The number of halogens is 1. The van der Waals surface area contributed by atoms with Crippen LogP contribution in [0.5, 0.6) is 0 Å². The second-order valence-electron chi connectivity index (χ2n) is 5.68. The number of nitrogens with two attached hydrogens (primary N) is 1. The fraction of sp³-hybridized carbons (Fsp3) is 0.533. The number of benzene rings is 1. The Morgan fingerprint density at radius 3 is 2.52 bits per heavy atom. The van der Waals surface area contributed by atoms with Gasteiger partial charge in [-0.15, -0.1) is 5.10 Å². The van der Waals surface area contributed by atoms with E-state index in [1.165, 1.54) is 32.1 Å². The molecular formula is C15H20ClN5. The molecule has 1 heterocycles. The van der Waals surface area contributed by atoms with Gasteiger partial charge in [0.25, 0.3) is 0 Å². The highest BCUT2D eigenvalue weighted by molar-refractivity contribution is 6.31. The second kappa shape index (κ2) is 6.43. The highest BCUT2D eigenvalue weighted by Gasteiger charge is 2.20. The quantitative estimate of drug-likeness (QED) is 0.855. The number of aromatic nitrogens is 4. The van der Waals surface area contributed by atoms with Crippen molar-refractivity contribution in [1.82, 2.24) is 20.2 Å². The number of hydrogen-bond donors (Lipinski definition) is 1. The van der Waals surface area contributed by atoms with Crippen molar-refractivity contribution in [2.75, 3.05) is 5.73 Å². The zero-order chi connectivity index (χ0) is 14.7. The van der Waals surface area contributed by atoms with Gasteiger partial charge in [-0.3, -0.25) is 0 Å². The fourth-order valence-corrected chi connectivity index (χ4v) is 3.21. The monoisotopic (exact) mass is 305 g/mol. The second-order valence-corrected chi connectivity index (χ2v) is 6.11. The average Bonchev–Trinajstić information content (AvgIpc) is 2.87. The molecule has 1 aliphatic rings. The summed E-state index contributed by atoms with van der Waals surface area (Å²) in [5.41, 5.74) is 7.54. The first-order valence-electron chi connectivity index (χ1n) is 7.59. The lowest BCUT2D eigenvalue weighted by molar-refractivity contribution is 0.345. The maximum atomic E-state index is 6.07. The molecule has 1 aromatic carbocycles. The summed E-state index contributed by atoms with van der Waals surface area (Å²) in [6, 6.07) is 5.83. The van der Waals surface area contributed by atoms with Gasteiger partial charge in [-0.25, -0.2) is 4.68 Å². The number of nitrogens with zero attached hydrogens (tertiary/aromatic N) is 4. The van der Waals surface area contributed by atoms with E-state index in [0.29, 0.717) is 16.8 Å². The van der Waals surface area contributed by atoms with Crippen LogP contribution in [0.2, 0.25) is 5.02 Å². The lowest BCUT2D eigenvalue weighted by Crippen LogP contribution is -2.14. The molecule has 6 heteroatoms. The maximum absolute atomic E-state index is 6.07. The molecule has 1 aromatic heterocycles. The van der Waals surface area contributed by atoms with E-state index in [-0.39, 0.29) is 0 Å². The molecule has 0 amide bonds. The van der Waals surface area contributed by atoms with Crippen LogP contribution in [0, 0.1) is 0 Å². The fourth-order valence-electron chi connectivity index (χ4n) is 3.03. The summed E-state index contributed by atoms with van der Waals surface area (Å²) < 4.78 is 1.95. The summed E-state index contributed by atoms with van der Waals surface area (Å²) in [6.07, 6.45) is 8.69.